The van der Waals surface area contributed by atoms with Crippen molar-refractivity contribution in [2.75, 3.05) is 0 Å². The molecule has 0 aliphatic carbocycles. The zero-order valence-corrected chi connectivity index (χ0v) is 19.4. The molecule has 1 aliphatic rings. The number of benzene rings is 3. The Morgan fingerprint density at radius 3 is 2.65 bits per heavy atom. The van der Waals surface area contributed by atoms with Gasteiger partial charge in [0.15, 0.2) is 0 Å². The normalized spacial score (nSPS) is 14.9. The number of aryl methyl sites for hydroxylation is 1. The van der Waals surface area contributed by atoms with Gasteiger partial charge in [0.05, 0.1) is 5.92 Å². The highest BCUT2D eigenvalue weighted by atomic mass is 79.9. The Labute approximate surface area is 202 Å². The van der Waals surface area contributed by atoms with Gasteiger partial charge in [-0.05, 0) is 48.9 Å². The molecule has 1 aromatic heterocycles. The van der Waals surface area contributed by atoms with Crippen LogP contribution in [0.4, 0.5) is 4.39 Å². The van der Waals surface area contributed by atoms with Gasteiger partial charge in [-0.15, -0.1) is 0 Å². The highest BCUT2D eigenvalue weighted by molar-refractivity contribution is 9.10. The van der Waals surface area contributed by atoms with E-state index < -0.39 is 11.9 Å². The maximum atomic E-state index is 13.5. The van der Waals surface area contributed by atoms with Gasteiger partial charge in [-0.3, -0.25) is 0 Å². The van der Waals surface area contributed by atoms with Gasteiger partial charge in [0.1, 0.15) is 34.5 Å². The maximum absolute atomic E-state index is 13.5. The molecule has 8 heteroatoms. The van der Waals surface area contributed by atoms with Gasteiger partial charge in [-0.2, -0.15) is 5.26 Å². The summed E-state index contributed by atoms with van der Waals surface area (Å²) in [5.41, 5.74) is 8.79. The number of rotatable bonds is 3. The molecule has 0 fully saturated rings. The van der Waals surface area contributed by atoms with Crippen molar-refractivity contribution in [3.8, 4) is 17.6 Å². The van der Waals surface area contributed by atoms with E-state index in [0.717, 1.165) is 9.86 Å². The number of fused-ring (bicyclic) bond motifs is 2. The van der Waals surface area contributed by atoms with E-state index in [-0.39, 0.29) is 28.8 Å². The van der Waals surface area contributed by atoms with Gasteiger partial charge >= 0.3 is 5.97 Å². The predicted molar refractivity (Wildman–Crippen MR) is 126 cm³/mol. The Bertz CT molecular complexity index is 1530. The van der Waals surface area contributed by atoms with Crippen LogP contribution in [0.2, 0.25) is 0 Å². The molecular formula is C26H16BrFN2O4. The largest absolute Gasteiger partial charge is 0.449 e. The quantitative estimate of drug-likeness (QED) is 0.260. The Hall–Kier alpha value is -4.09. The minimum atomic E-state index is -0.656. The van der Waals surface area contributed by atoms with Crippen LogP contribution in [-0.2, 0) is 0 Å². The van der Waals surface area contributed by atoms with Gasteiger partial charge in [-0.1, -0.05) is 34.1 Å². The van der Waals surface area contributed by atoms with Crippen molar-refractivity contribution in [3.05, 3.63) is 105 Å². The molecule has 0 saturated carbocycles. The second-order valence-corrected chi connectivity index (χ2v) is 8.68. The molecule has 1 atom stereocenters. The van der Waals surface area contributed by atoms with Crippen LogP contribution in [0.25, 0.3) is 11.0 Å². The smallest absolute Gasteiger partial charge is 0.379 e. The summed E-state index contributed by atoms with van der Waals surface area (Å²) in [6.07, 6.45) is 0. The predicted octanol–water partition coefficient (Wildman–Crippen LogP) is 6.08. The van der Waals surface area contributed by atoms with E-state index in [0.29, 0.717) is 28.0 Å². The first-order valence-electron chi connectivity index (χ1n) is 10.2. The second kappa shape index (κ2) is 8.36. The molecule has 0 bridgehead atoms. The summed E-state index contributed by atoms with van der Waals surface area (Å²) < 4.78 is 31.3. The van der Waals surface area contributed by atoms with Crippen molar-refractivity contribution < 1.29 is 23.1 Å². The van der Waals surface area contributed by atoms with Crippen LogP contribution < -0.4 is 15.2 Å². The molecule has 1 aliphatic heterocycles. The lowest BCUT2D eigenvalue weighted by Crippen LogP contribution is -2.21. The molecule has 168 valence electrons. The number of carbonyl (C=O) groups excluding carboxylic acids is 1. The molecule has 0 spiro atoms. The molecular weight excluding hydrogens is 503 g/mol. The highest BCUT2D eigenvalue weighted by Gasteiger charge is 2.31. The van der Waals surface area contributed by atoms with Crippen LogP contribution in [0, 0.1) is 24.1 Å². The fourth-order valence-electron chi connectivity index (χ4n) is 4.04. The Morgan fingerprint density at radius 2 is 1.91 bits per heavy atom. The topological polar surface area (TPSA) is 98.5 Å². The van der Waals surface area contributed by atoms with Gasteiger partial charge in [0, 0.05) is 27.1 Å². The zero-order valence-electron chi connectivity index (χ0n) is 17.8. The second-order valence-electron chi connectivity index (χ2n) is 7.76. The average molecular weight is 519 g/mol. The lowest BCUT2D eigenvalue weighted by molar-refractivity contribution is 0.0702. The van der Waals surface area contributed by atoms with Crippen LogP contribution in [0.3, 0.4) is 0 Å². The number of halogens is 2. The third-order valence-corrected chi connectivity index (χ3v) is 6.18. The van der Waals surface area contributed by atoms with Gasteiger partial charge in [-0.25, -0.2) is 9.18 Å². The van der Waals surface area contributed by atoms with E-state index in [1.807, 2.05) is 12.1 Å². The van der Waals surface area contributed by atoms with E-state index in [4.69, 9.17) is 19.6 Å². The molecule has 4 aromatic rings. The minimum Gasteiger partial charge on any atom is -0.449 e. The first kappa shape index (κ1) is 21.7. The van der Waals surface area contributed by atoms with Crippen molar-refractivity contribution in [1.29, 1.82) is 5.26 Å². The third kappa shape index (κ3) is 3.70. The maximum Gasteiger partial charge on any atom is 0.379 e. The van der Waals surface area contributed by atoms with E-state index in [2.05, 4.69) is 22.0 Å². The van der Waals surface area contributed by atoms with Crippen molar-refractivity contribution in [2.24, 2.45) is 5.73 Å². The van der Waals surface area contributed by atoms with Crippen molar-refractivity contribution >= 4 is 32.9 Å². The number of nitrogens with zero attached hydrogens (tertiary/aromatic N) is 1. The lowest BCUT2D eigenvalue weighted by atomic mass is 9.83. The molecule has 0 saturated heterocycles. The van der Waals surface area contributed by atoms with Gasteiger partial charge in [0.25, 0.3) is 0 Å². The number of carbonyl (C=O) groups is 1. The summed E-state index contributed by atoms with van der Waals surface area (Å²) in [6.45, 7) is 1.78. The van der Waals surface area contributed by atoms with Crippen molar-refractivity contribution in [3.63, 3.8) is 0 Å². The Balaban J connectivity index is 1.49. The first-order valence-corrected chi connectivity index (χ1v) is 11.0. The van der Waals surface area contributed by atoms with E-state index >= 15 is 0 Å². The van der Waals surface area contributed by atoms with Crippen LogP contribution in [-0.4, -0.2) is 5.97 Å². The summed E-state index contributed by atoms with van der Waals surface area (Å²) in [6, 6.07) is 18.2. The van der Waals surface area contributed by atoms with Crippen LogP contribution >= 0.6 is 15.9 Å². The minimum absolute atomic E-state index is 0.0634. The third-order valence-electron chi connectivity index (χ3n) is 5.69. The number of furan rings is 1. The first-order chi connectivity index (χ1) is 16.4. The van der Waals surface area contributed by atoms with Crippen LogP contribution in [0.5, 0.6) is 11.5 Å². The average Bonchev–Trinajstić information content (AvgIpc) is 3.14. The summed E-state index contributed by atoms with van der Waals surface area (Å²) >= 11 is 3.42. The fraction of sp³-hybridized carbons (Fsp3) is 0.0769. The molecule has 0 amide bonds. The van der Waals surface area contributed by atoms with E-state index in [9.17, 15) is 14.4 Å². The molecule has 2 heterocycles. The molecule has 34 heavy (non-hydrogen) atoms. The monoisotopic (exact) mass is 518 g/mol. The standard InChI is InChI=1S/C26H16BrFN2O4/c1-13-19-10-15(27)4-9-21(19)33-24(13)26(31)32-17-7-8-18-22(11-17)34-25(30)20(12-29)23(18)14-2-5-16(28)6-3-14/h2-11,23H,30H2,1H3. The van der Waals surface area contributed by atoms with Gasteiger partial charge in [0.2, 0.25) is 11.6 Å². The summed E-state index contributed by atoms with van der Waals surface area (Å²) in [5.74, 6) is -1.00. The number of allylic oxidation sites excluding steroid dienone is 1. The van der Waals surface area contributed by atoms with Crippen LogP contribution in [0.15, 0.2) is 81.0 Å². The van der Waals surface area contributed by atoms with Crippen LogP contribution in [0.1, 0.15) is 33.2 Å². The van der Waals surface area contributed by atoms with Crippen molar-refractivity contribution in [2.45, 2.75) is 12.8 Å². The Morgan fingerprint density at radius 1 is 1.15 bits per heavy atom. The molecule has 0 radical (unpaired) electrons. The van der Waals surface area contributed by atoms with Crippen molar-refractivity contribution in [1.82, 2.24) is 0 Å². The van der Waals surface area contributed by atoms with E-state index in [1.54, 1.807) is 37.3 Å². The SMILES string of the molecule is Cc1c(C(=O)Oc2ccc3c(c2)OC(N)=C(C#N)C3c2ccc(F)cc2)oc2ccc(Br)cc12. The molecule has 1 unspecified atom stereocenters. The number of hydrogen-bond donors (Lipinski definition) is 1. The number of hydrogen-bond acceptors (Lipinski definition) is 6. The Kier molecular flexibility index (Phi) is 5.34. The zero-order chi connectivity index (χ0) is 24.0. The number of ether oxygens (including phenoxy) is 2. The number of esters is 1. The van der Waals surface area contributed by atoms with Gasteiger partial charge < -0.3 is 19.6 Å². The molecule has 3 aromatic carbocycles. The summed E-state index contributed by atoms with van der Waals surface area (Å²) in [5, 5.41) is 10.5. The van der Waals surface area contributed by atoms with E-state index in [1.165, 1.54) is 18.2 Å². The summed E-state index contributed by atoms with van der Waals surface area (Å²) in [4.78, 5) is 12.9. The highest BCUT2D eigenvalue weighted by Crippen LogP contribution is 2.43. The fourth-order valence-corrected chi connectivity index (χ4v) is 4.40. The number of nitriles is 1. The lowest BCUT2D eigenvalue weighted by Gasteiger charge is -2.26. The molecule has 5 rings (SSSR count). The molecule has 2 N–H and O–H groups in total. The molecule has 6 nitrogen and oxygen atoms in total. The summed E-state index contributed by atoms with van der Waals surface area (Å²) in [7, 11) is 0. The number of nitrogens with two attached hydrogens (primary N) is 1.